The Balaban J connectivity index is 1.16. The number of tetrazole rings is 1. The van der Waals surface area contributed by atoms with Crippen molar-refractivity contribution in [3.05, 3.63) is 125 Å². The highest BCUT2D eigenvalue weighted by atomic mass is 19.3. The molecule has 1 aliphatic heterocycles. The predicted octanol–water partition coefficient (Wildman–Crippen LogP) is 4.41. The van der Waals surface area contributed by atoms with Crippen molar-refractivity contribution in [1.82, 2.24) is 30.1 Å². The normalized spacial score (nSPS) is 14.9. The van der Waals surface area contributed by atoms with Crippen LogP contribution in [0.25, 0.3) is 11.1 Å². The van der Waals surface area contributed by atoms with Gasteiger partial charge in [-0.1, -0.05) is 30.3 Å². The number of aromatic nitrogens is 5. The van der Waals surface area contributed by atoms with E-state index in [-0.39, 0.29) is 12.5 Å². The number of piperazine rings is 1. The Morgan fingerprint density at radius 2 is 1.68 bits per heavy atom. The smallest absolute Gasteiger partial charge is 0.323 e. The van der Waals surface area contributed by atoms with Crippen LogP contribution in [0.2, 0.25) is 0 Å². The molecule has 0 aliphatic carbocycles. The monoisotopic (exact) mass is 642 g/mol. The molecule has 1 N–H and O–H groups in total. The first-order valence-electron chi connectivity index (χ1n) is 14.4. The number of alkyl halides is 2. The van der Waals surface area contributed by atoms with E-state index in [1.165, 1.54) is 12.3 Å². The van der Waals surface area contributed by atoms with Gasteiger partial charge in [0.2, 0.25) is 5.91 Å². The van der Waals surface area contributed by atoms with Crippen LogP contribution in [0, 0.1) is 23.0 Å². The average molecular weight is 643 g/mol. The molecule has 5 aromatic rings. The Labute approximate surface area is 266 Å². The Bertz CT molecular complexity index is 1910. The fourth-order valence-corrected chi connectivity index (χ4v) is 5.49. The van der Waals surface area contributed by atoms with E-state index in [4.69, 9.17) is 5.26 Å². The summed E-state index contributed by atoms with van der Waals surface area (Å²) in [6.07, 6.45) is 2.19. The van der Waals surface area contributed by atoms with Gasteiger partial charge in [0.05, 0.1) is 24.7 Å². The van der Waals surface area contributed by atoms with Crippen molar-refractivity contribution in [3.63, 3.8) is 0 Å². The number of aliphatic hydroxyl groups is 1. The van der Waals surface area contributed by atoms with Gasteiger partial charge in [0, 0.05) is 48.7 Å². The summed E-state index contributed by atoms with van der Waals surface area (Å²) < 4.78 is 61.3. The van der Waals surface area contributed by atoms with E-state index in [1.807, 2.05) is 29.2 Å². The number of benzene rings is 3. The van der Waals surface area contributed by atoms with Gasteiger partial charge in [-0.05, 0) is 64.0 Å². The zero-order valence-corrected chi connectivity index (χ0v) is 24.6. The second-order valence-corrected chi connectivity index (χ2v) is 11.1. The summed E-state index contributed by atoms with van der Waals surface area (Å²) in [6, 6.07) is 20.7. The molecule has 1 amide bonds. The molecule has 47 heavy (non-hydrogen) atoms. The number of nitrogens with zero attached hydrogens (tertiary/aromatic N) is 8. The highest BCUT2D eigenvalue weighted by Crippen LogP contribution is 2.47. The molecule has 3 aromatic carbocycles. The van der Waals surface area contributed by atoms with E-state index < -0.39 is 41.0 Å². The van der Waals surface area contributed by atoms with Gasteiger partial charge >= 0.3 is 5.92 Å². The lowest BCUT2D eigenvalue weighted by molar-refractivity contribution is -0.207. The summed E-state index contributed by atoms with van der Waals surface area (Å²) >= 11 is 0. The molecule has 10 nitrogen and oxygen atoms in total. The van der Waals surface area contributed by atoms with Crippen LogP contribution in [0.15, 0.2) is 91.4 Å². The summed E-state index contributed by atoms with van der Waals surface area (Å²) in [7, 11) is 0. The molecule has 238 valence electrons. The van der Waals surface area contributed by atoms with E-state index >= 15 is 8.78 Å². The van der Waals surface area contributed by atoms with Crippen LogP contribution in [0.3, 0.4) is 0 Å². The maximum atomic E-state index is 16.1. The number of pyridine rings is 1. The van der Waals surface area contributed by atoms with Crippen molar-refractivity contribution in [2.24, 2.45) is 0 Å². The first-order valence-corrected chi connectivity index (χ1v) is 14.4. The van der Waals surface area contributed by atoms with Gasteiger partial charge in [-0.15, -0.1) is 5.10 Å². The molecule has 0 saturated carbocycles. The lowest BCUT2D eigenvalue weighted by Gasteiger charge is -2.36. The number of hydrogen-bond donors (Lipinski definition) is 1. The van der Waals surface area contributed by atoms with E-state index in [0.29, 0.717) is 42.4 Å². The molecule has 1 aliphatic rings. The summed E-state index contributed by atoms with van der Waals surface area (Å²) in [4.78, 5) is 20.5. The number of amides is 1. The number of halogens is 4. The summed E-state index contributed by atoms with van der Waals surface area (Å²) in [5.74, 6) is -6.58. The molecule has 2 aromatic heterocycles. The van der Waals surface area contributed by atoms with Crippen molar-refractivity contribution in [3.8, 4) is 17.2 Å². The van der Waals surface area contributed by atoms with Gasteiger partial charge in [-0.3, -0.25) is 9.78 Å². The Hall–Kier alpha value is -5.68. The van der Waals surface area contributed by atoms with Crippen LogP contribution < -0.4 is 4.90 Å². The largest absolute Gasteiger partial charge is 0.377 e. The minimum Gasteiger partial charge on any atom is -0.377 e. The minimum atomic E-state index is -4.17. The van der Waals surface area contributed by atoms with Crippen molar-refractivity contribution < 1.29 is 27.5 Å². The number of hydrogen-bond acceptors (Lipinski definition) is 8. The van der Waals surface area contributed by atoms with Crippen molar-refractivity contribution in [2.75, 3.05) is 24.5 Å². The van der Waals surface area contributed by atoms with Crippen LogP contribution >= 0.6 is 0 Å². The third-order valence-electron chi connectivity index (χ3n) is 8.10. The average Bonchev–Trinajstić information content (AvgIpc) is 3.59. The van der Waals surface area contributed by atoms with Crippen LogP contribution in [0.5, 0.6) is 0 Å². The predicted molar refractivity (Wildman–Crippen MR) is 160 cm³/mol. The molecule has 0 radical (unpaired) electrons. The molecule has 1 fully saturated rings. The second-order valence-electron chi connectivity index (χ2n) is 11.1. The zero-order valence-electron chi connectivity index (χ0n) is 24.6. The fraction of sp³-hybridized carbons (Fsp3) is 0.212. The molecular formula is C33H26F4N8O2. The SMILES string of the molecule is N#Cc1ccc(CN2CCN(c3ccc(-c4ccc(C(F)(F)C(O)(Cn5cnnn5)c5ccc(F)cc5F)nc4)cc3)CC2=O)cc1. The number of rotatable bonds is 9. The molecule has 14 heteroatoms. The van der Waals surface area contributed by atoms with E-state index in [0.717, 1.165) is 40.5 Å². The van der Waals surface area contributed by atoms with E-state index in [9.17, 15) is 18.7 Å². The van der Waals surface area contributed by atoms with Gasteiger partial charge in [0.15, 0.2) is 5.60 Å². The molecule has 6 rings (SSSR count). The standard InChI is InChI=1S/C33H26F4N8O2/c34-26-8-11-28(29(35)15-26)32(47,20-45-21-40-41-42-45)33(36,37)30-12-7-25(17-39-30)24-5-9-27(10-6-24)43-13-14-44(31(46)19-43)18-23-3-1-22(16-38)2-4-23/h1-12,15,17,21,47H,13-14,18-20H2. The van der Waals surface area contributed by atoms with Gasteiger partial charge in [-0.2, -0.15) is 14.0 Å². The Morgan fingerprint density at radius 3 is 2.30 bits per heavy atom. The quantitative estimate of drug-likeness (QED) is 0.235. The molecule has 0 spiro atoms. The summed E-state index contributed by atoms with van der Waals surface area (Å²) in [6.45, 7) is 0.805. The summed E-state index contributed by atoms with van der Waals surface area (Å²) in [5.41, 5.74) is -1.48. The molecule has 1 saturated heterocycles. The van der Waals surface area contributed by atoms with Crippen molar-refractivity contribution in [1.29, 1.82) is 5.26 Å². The lowest BCUT2D eigenvalue weighted by Crippen LogP contribution is -2.50. The minimum absolute atomic E-state index is 0.0361. The Morgan fingerprint density at radius 1 is 0.936 bits per heavy atom. The van der Waals surface area contributed by atoms with E-state index in [1.54, 1.807) is 29.2 Å². The van der Waals surface area contributed by atoms with Crippen LogP contribution in [0.1, 0.15) is 22.4 Å². The van der Waals surface area contributed by atoms with Crippen molar-refractivity contribution in [2.45, 2.75) is 24.6 Å². The first kappa shape index (κ1) is 31.3. The zero-order chi connectivity index (χ0) is 33.2. The lowest BCUT2D eigenvalue weighted by atomic mass is 9.84. The highest BCUT2D eigenvalue weighted by Gasteiger charge is 2.58. The maximum Gasteiger partial charge on any atom is 0.323 e. The molecule has 1 atom stereocenters. The third-order valence-corrected chi connectivity index (χ3v) is 8.10. The molecule has 1 unspecified atom stereocenters. The van der Waals surface area contributed by atoms with Crippen LogP contribution in [-0.4, -0.2) is 60.7 Å². The van der Waals surface area contributed by atoms with Gasteiger partial charge < -0.3 is 14.9 Å². The molecular weight excluding hydrogens is 616 g/mol. The highest BCUT2D eigenvalue weighted by molar-refractivity contribution is 5.83. The van der Waals surface area contributed by atoms with Gasteiger partial charge in [-0.25, -0.2) is 13.5 Å². The van der Waals surface area contributed by atoms with Gasteiger partial charge in [0.25, 0.3) is 0 Å². The number of carbonyl (C=O) groups excluding carboxylic acids is 1. The maximum absolute atomic E-state index is 16.1. The third kappa shape index (κ3) is 6.25. The number of anilines is 1. The van der Waals surface area contributed by atoms with Gasteiger partial charge in [0.1, 0.15) is 23.7 Å². The van der Waals surface area contributed by atoms with Crippen LogP contribution in [-0.2, 0) is 29.4 Å². The number of carbonyl (C=O) groups is 1. The number of nitriles is 1. The van der Waals surface area contributed by atoms with Crippen molar-refractivity contribution >= 4 is 11.6 Å². The first-order chi connectivity index (χ1) is 22.6. The fourth-order valence-electron chi connectivity index (χ4n) is 5.49. The Kier molecular flexibility index (Phi) is 8.40. The molecule has 0 bridgehead atoms. The molecule has 3 heterocycles. The van der Waals surface area contributed by atoms with E-state index in [2.05, 4.69) is 26.6 Å². The van der Waals surface area contributed by atoms with Crippen LogP contribution in [0.4, 0.5) is 23.2 Å². The second kappa shape index (κ2) is 12.6. The summed E-state index contributed by atoms with van der Waals surface area (Å²) in [5, 5.41) is 30.6. The topological polar surface area (TPSA) is 124 Å².